The molecule has 8 nitrogen and oxygen atoms in total. The smallest absolute Gasteiger partial charge is 0.290 e. The van der Waals surface area contributed by atoms with Crippen LogP contribution in [0.4, 0.5) is 0 Å². The van der Waals surface area contributed by atoms with Crippen LogP contribution in [0.2, 0.25) is 0 Å². The Morgan fingerprint density at radius 1 is 1.11 bits per heavy atom. The van der Waals surface area contributed by atoms with Gasteiger partial charge in [-0.25, -0.2) is 9.97 Å². The van der Waals surface area contributed by atoms with Gasteiger partial charge in [0.2, 0.25) is 0 Å². The van der Waals surface area contributed by atoms with Crippen molar-refractivity contribution < 1.29 is 19.8 Å². The van der Waals surface area contributed by atoms with E-state index in [2.05, 4.69) is 14.9 Å². The van der Waals surface area contributed by atoms with Crippen molar-refractivity contribution in [2.24, 2.45) is 11.8 Å². The number of aliphatic hydroxyl groups excluding tert-OH is 1. The number of carbonyl (C=O) groups is 2. The first-order valence-electron chi connectivity index (χ1n) is 10.0. The second-order valence-electron chi connectivity index (χ2n) is 8.10. The number of hydrogen-bond acceptors (Lipinski definition) is 6. The highest BCUT2D eigenvalue weighted by atomic mass is 16.3. The predicted octanol–water partition coefficient (Wildman–Crippen LogP) is 1.10. The second-order valence-corrected chi connectivity index (χ2v) is 8.10. The van der Waals surface area contributed by atoms with E-state index < -0.39 is 0 Å². The average molecular weight is 390 g/mol. The maximum Gasteiger partial charge on any atom is 0.290 e. The fourth-order valence-corrected chi connectivity index (χ4v) is 5.10. The number of aliphatic hydroxyl groups is 1. The summed E-state index contributed by atoms with van der Waals surface area (Å²) in [7, 11) is 0. The van der Waals surface area contributed by atoms with E-state index in [4.69, 9.17) is 9.90 Å². The molecule has 2 aliphatic heterocycles. The van der Waals surface area contributed by atoms with E-state index in [9.17, 15) is 9.90 Å². The molecule has 154 valence electrons. The average Bonchev–Trinajstić information content (AvgIpc) is 3.30. The zero-order chi connectivity index (χ0) is 20.3. The molecule has 1 aromatic rings. The van der Waals surface area contributed by atoms with Crippen LogP contribution < -0.4 is 0 Å². The van der Waals surface area contributed by atoms with Crippen LogP contribution in [-0.4, -0.2) is 80.7 Å². The molecule has 8 heteroatoms. The van der Waals surface area contributed by atoms with Crippen LogP contribution in [0, 0.1) is 25.7 Å². The summed E-state index contributed by atoms with van der Waals surface area (Å²) in [6, 6.07) is 0.280. The Balaban J connectivity index is 0.000000706. The van der Waals surface area contributed by atoms with Crippen molar-refractivity contribution in [3.05, 3.63) is 23.3 Å². The van der Waals surface area contributed by atoms with Gasteiger partial charge >= 0.3 is 0 Å². The Kier molecular flexibility index (Phi) is 6.61. The minimum Gasteiger partial charge on any atom is -0.483 e. The molecule has 1 saturated carbocycles. The quantitative estimate of drug-likeness (QED) is 0.728. The summed E-state index contributed by atoms with van der Waals surface area (Å²) in [5.41, 5.74) is 2.16. The largest absolute Gasteiger partial charge is 0.483 e. The number of likely N-dealkylation sites (tertiary alicyclic amines) is 2. The molecule has 3 heterocycles. The zero-order valence-corrected chi connectivity index (χ0v) is 16.6. The van der Waals surface area contributed by atoms with Crippen molar-refractivity contribution in [2.45, 2.75) is 51.7 Å². The second kappa shape index (κ2) is 8.96. The van der Waals surface area contributed by atoms with E-state index in [0.717, 1.165) is 50.4 Å². The number of hydrogen-bond donors (Lipinski definition) is 2. The van der Waals surface area contributed by atoms with E-state index in [0.29, 0.717) is 17.4 Å². The first-order valence-corrected chi connectivity index (χ1v) is 10.0. The van der Waals surface area contributed by atoms with E-state index in [-0.39, 0.29) is 24.5 Å². The van der Waals surface area contributed by atoms with Gasteiger partial charge in [0.25, 0.3) is 12.4 Å². The van der Waals surface area contributed by atoms with Crippen LogP contribution >= 0.6 is 0 Å². The lowest BCUT2D eigenvalue weighted by Crippen LogP contribution is -2.48. The number of amides is 1. The third-order valence-electron chi connectivity index (χ3n) is 6.45. The summed E-state index contributed by atoms with van der Waals surface area (Å²) >= 11 is 0. The lowest BCUT2D eigenvalue weighted by Gasteiger charge is -2.40. The third-order valence-corrected chi connectivity index (χ3v) is 6.45. The number of fused-ring (bicyclic) bond motifs is 1. The molecule has 2 N–H and O–H groups in total. The SMILES string of the molecule is Cc1ncnc(C)c1C(=O)N1C[C@H]2C[C@@H](N3CCCC3)[C@H](O)C[C@H]2C1.O=CO. The van der Waals surface area contributed by atoms with Gasteiger partial charge in [0.15, 0.2) is 0 Å². The molecule has 1 aliphatic carbocycles. The van der Waals surface area contributed by atoms with Gasteiger partial charge in [-0.15, -0.1) is 0 Å². The summed E-state index contributed by atoms with van der Waals surface area (Å²) in [6.07, 6.45) is 5.58. The lowest BCUT2D eigenvalue weighted by atomic mass is 9.77. The standard InChI is InChI=1S/C19H28N4O2.CH2O2/c1-12-18(13(2)21-11-20-12)19(25)23-9-14-7-16(22-5-3-4-6-22)17(24)8-15(14)10-23;2-1-3/h11,14-17,24H,3-10H2,1-2H3;1H,(H,2,3)/t14-,15+,16-,17-;/m1./s1. The summed E-state index contributed by atoms with van der Waals surface area (Å²) in [6.45, 7) is 7.27. The molecule has 0 aromatic carbocycles. The molecular formula is C20H30N4O4. The number of aryl methyl sites for hydroxylation is 2. The highest BCUT2D eigenvalue weighted by molar-refractivity contribution is 5.96. The van der Waals surface area contributed by atoms with Crippen LogP contribution in [0.25, 0.3) is 0 Å². The molecular weight excluding hydrogens is 360 g/mol. The maximum atomic E-state index is 13.0. The Bertz CT molecular complexity index is 687. The molecule has 3 fully saturated rings. The Morgan fingerprint density at radius 3 is 2.21 bits per heavy atom. The van der Waals surface area contributed by atoms with Crippen molar-refractivity contribution >= 4 is 12.4 Å². The molecule has 4 atom stereocenters. The number of carboxylic acid groups (broad SMARTS) is 1. The fourth-order valence-electron chi connectivity index (χ4n) is 5.10. The van der Waals surface area contributed by atoms with E-state index in [1.807, 2.05) is 18.7 Å². The molecule has 0 bridgehead atoms. The highest BCUT2D eigenvalue weighted by Crippen LogP contribution is 2.39. The first kappa shape index (κ1) is 20.7. The maximum absolute atomic E-state index is 13.0. The van der Waals surface area contributed by atoms with Crippen molar-refractivity contribution in [1.29, 1.82) is 0 Å². The zero-order valence-electron chi connectivity index (χ0n) is 16.6. The van der Waals surface area contributed by atoms with E-state index >= 15 is 0 Å². The number of carbonyl (C=O) groups excluding carboxylic acids is 1. The van der Waals surface area contributed by atoms with Gasteiger partial charge in [-0.2, -0.15) is 0 Å². The van der Waals surface area contributed by atoms with Crippen LogP contribution in [0.15, 0.2) is 6.33 Å². The minimum absolute atomic E-state index is 0.0530. The molecule has 3 aliphatic rings. The molecule has 0 unspecified atom stereocenters. The van der Waals surface area contributed by atoms with Gasteiger partial charge in [-0.3, -0.25) is 14.5 Å². The van der Waals surface area contributed by atoms with Gasteiger partial charge in [-0.05, 0) is 64.5 Å². The monoisotopic (exact) mass is 390 g/mol. The fraction of sp³-hybridized carbons (Fsp3) is 0.700. The summed E-state index contributed by atoms with van der Waals surface area (Å²) in [5, 5.41) is 17.5. The van der Waals surface area contributed by atoms with Crippen LogP contribution in [0.3, 0.4) is 0 Å². The number of rotatable bonds is 2. The summed E-state index contributed by atoms with van der Waals surface area (Å²) in [5.74, 6) is 0.975. The molecule has 4 rings (SSSR count). The number of nitrogens with zero attached hydrogens (tertiary/aromatic N) is 4. The Hall–Kier alpha value is -2.06. The van der Waals surface area contributed by atoms with Crippen LogP contribution in [0.1, 0.15) is 47.4 Å². The van der Waals surface area contributed by atoms with Gasteiger partial charge in [0.1, 0.15) is 6.33 Å². The Labute approximate surface area is 165 Å². The van der Waals surface area contributed by atoms with Crippen molar-refractivity contribution in [3.8, 4) is 0 Å². The summed E-state index contributed by atoms with van der Waals surface area (Å²) in [4.78, 5) is 34.2. The topological polar surface area (TPSA) is 107 Å². The molecule has 0 radical (unpaired) electrons. The first-order chi connectivity index (χ1) is 13.5. The lowest BCUT2D eigenvalue weighted by molar-refractivity contribution is -0.122. The van der Waals surface area contributed by atoms with E-state index in [1.54, 1.807) is 0 Å². The molecule has 2 saturated heterocycles. The molecule has 1 amide bonds. The van der Waals surface area contributed by atoms with Gasteiger partial charge < -0.3 is 15.1 Å². The molecule has 28 heavy (non-hydrogen) atoms. The van der Waals surface area contributed by atoms with Crippen molar-refractivity contribution in [2.75, 3.05) is 26.2 Å². The normalized spacial score (nSPS) is 29.8. The van der Waals surface area contributed by atoms with Gasteiger partial charge in [0, 0.05) is 19.1 Å². The molecule has 0 spiro atoms. The molecule has 1 aromatic heterocycles. The van der Waals surface area contributed by atoms with Crippen LogP contribution in [0.5, 0.6) is 0 Å². The number of aromatic nitrogens is 2. The van der Waals surface area contributed by atoms with Crippen molar-refractivity contribution in [3.63, 3.8) is 0 Å². The van der Waals surface area contributed by atoms with Gasteiger partial charge in [0.05, 0.1) is 23.1 Å². The third kappa shape index (κ3) is 4.17. The Morgan fingerprint density at radius 2 is 1.64 bits per heavy atom. The highest BCUT2D eigenvalue weighted by Gasteiger charge is 2.45. The summed E-state index contributed by atoms with van der Waals surface area (Å²) < 4.78 is 0. The van der Waals surface area contributed by atoms with Gasteiger partial charge in [-0.1, -0.05) is 0 Å². The van der Waals surface area contributed by atoms with E-state index in [1.165, 1.54) is 19.2 Å². The van der Waals surface area contributed by atoms with Crippen molar-refractivity contribution in [1.82, 2.24) is 19.8 Å². The van der Waals surface area contributed by atoms with Crippen LogP contribution in [-0.2, 0) is 4.79 Å². The minimum atomic E-state index is -0.252. The predicted molar refractivity (Wildman–Crippen MR) is 103 cm³/mol.